The third-order valence-corrected chi connectivity index (χ3v) is 4.52. The molecule has 1 N–H and O–H groups in total. The SMILES string of the molecule is CCCCCCC(CCC)C1(O)CCCCC1. The van der Waals surface area contributed by atoms with Crippen LogP contribution in [0.1, 0.15) is 90.9 Å². The van der Waals surface area contributed by atoms with Crippen LogP contribution in [0.2, 0.25) is 0 Å². The predicted octanol–water partition coefficient (Wildman–Crippen LogP) is 5.07. The van der Waals surface area contributed by atoms with Gasteiger partial charge in [0, 0.05) is 0 Å². The minimum absolute atomic E-state index is 0.305. The molecule has 0 heterocycles. The molecule has 1 nitrogen and oxygen atoms in total. The van der Waals surface area contributed by atoms with E-state index in [9.17, 15) is 5.11 Å². The van der Waals surface area contributed by atoms with Gasteiger partial charge in [-0.05, 0) is 31.6 Å². The lowest BCUT2D eigenvalue weighted by Crippen LogP contribution is -2.39. The van der Waals surface area contributed by atoms with Crippen molar-refractivity contribution in [2.45, 2.75) is 96.5 Å². The molecule has 0 aromatic carbocycles. The van der Waals surface area contributed by atoms with Crippen LogP contribution < -0.4 is 0 Å². The van der Waals surface area contributed by atoms with E-state index in [0.717, 1.165) is 12.8 Å². The Kier molecular flexibility index (Phi) is 7.18. The first kappa shape index (κ1) is 15.0. The lowest BCUT2D eigenvalue weighted by atomic mass is 9.72. The van der Waals surface area contributed by atoms with Crippen molar-refractivity contribution in [2.75, 3.05) is 0 Å². The highest BCUT2D eigenvalue weighted by Crippen LogP contribution is 2.39. The molecule has 1 fully saturated rings. The van der Waals surface area contributed by atoms with E-state index >= 15 is 0 Å². The molecule has 0 aliphatic heterocycles. The highest BCUT2D eigenvalue weighted by Gasteiger charge is 2.36. The van der Waals surface area contributed by atoms with Crippen LogP contribution in [0.4, 0.5) is 0 Å². The fourth-order valence-corrected chi connectivity index (χ4v) is 3.42. The highest BCUT2D eigenvalue weighted by molar-refractivity contribution is 4.88. The fourth-order valence-electron chi connectivity index (χ4n) is 3.42. The zero-order valence-corrected chi connectivity index (χ0v) is 12.0. The third-order valence-electron chi connectivity index (χ3n) is 4.52. The molecule has 0 bridgehead atoms. The minimum atomic E-state index is -0.305. The molecule has 0 aromatic heterocycles. The maximum atomic E-state index is 10.8. The molecule has 0 saturated heterocycles. The zero-order valence-electron chi connectivity index (χ0n) is 12.0. The molecular formula is C16H32O. The minimum Gasteiger partial charge on any atom is -0.390 e. The van der Waals surface area contributed by atoms with Gasteiger partial charge in [0.15, 0.2) is 0 Å². The van der Waals surface area contributed by atoms with E-state index in [1.807, 2.05) is 0 Å². The van der Waals surface area contributed by atoms with Crippen molar-refractivity contribution in [3.05, 3.63) is 0 Å². The van der Waals surface area contributed by atoms with Crippen molar-refractivity contribution in [1.82, 2.24) is 0 Å². The van der Waals surface area contributed by atoms with Crippen molar-refractivity contribution >= 4 is 0 Å². The Hall–Kier alpha value is -0.0400. The number of aliphatic hydroxyl groups is 1. The van der Waals surface area contributed by atoms with Crippen LogP contribution >= 0.6 is 0 Å². The van der Waals surface area contributed by atoms with Crippen LogP contribution in [0.15, 0.2) is 0 Å². The van der Waals surface area contributed by atoms with E-state index in [1.165, 1.54) is 64.2 Å². The molecule has 1 heteroatoms. The Balaban J connectivity index is 2.39. The third kappa shape index (κ3) is 4.99. The summed E-state index contributed by atoms with van der Waals surface area (Å²) in [4.78, 5) is 0. The summed E-state index contributed by atoms with van der Waals surface area (Å²) in [5.74, 6) is 0.574. The summed E-state index contributed by atoms with van der Waals surface area (Å²) in [5, 5.41) is 10.8. The molecule has 0 aromatic rings. The van der Waals surface area contributed by atoms with Gasteiger partial charge in [-0.2, -0.15) is 0 Å². The second-order valence-corrected chi connectivity index (χ2v) is 6.00. The Morgan fingerprint density at radius 1 is 0.882 bits per heavy atom. The molecular weight excluding hydrogens is 208 g/mol. The van der Waals surface area contributed by atoms with Gasteiger partial charge in [0.1, 0.15) is 0 Å². The normalized spacial score (nSPS) is 21.4. The Morgan fingerprint density at radius 2 is 1.59 bits per heavy atom. The molecule has 1 saturated carbocycles. The van der Waals surface area contributed by atoms with Crippen molar-refractivity contribution < 1.29 is 5.11 Å². The van der Waals surface area contributed by atoms with Crippen molar-refractivity contribution in [1.29, 1.82) is 0 Å². The predicted molar refractivity (Wildman–Crippen MR) is 75.2 cm³/mol. The van der Waals surface area contributed by atoms with Crippen LogP contribution in [-0.2, 0) is 0 Å². The summed E-state index contributed by atoms with van der Waals surface area (Å²) in [6, 6.07) is 0. The lowest BCUT2D eigenvalue weighted by molar-refractivity contribution is -0.0559. The molecule has 0 amide bonds. The van der Waals surface area contributed by atoms with Gasteiger partial charge in [-0.15, -0.1) is 0 Å². The van der Waals surface area contributed by atoms with Gasteiger partial charge in [-0.25, -0.2) is 0 Å². The van der Waals surface area contributed by atoms with Crippen LogP contribution in [0.3, 0.4) is 0 Å². The maximum absolute atomic E-state index is 10.8. The van der Waals surface area contributed by atoms with E-state index in [-0.39, 0.29) is 5.60 Å². The second kappa shape index (κ2) is 8.13. The van der Waals surface area contributed by atoms with E-state index in [2.05, 4.69) is 13.8 Å². The number of rotatable bonds is 8. The van der Waals surface area contributed by atoms with E-state index in [0.29, 0.717) is 5.92 Å². The Bertz CT molecular complexity index is 182. The largest absolute Gasteiger partial charge is 0.390 e. The van der Waals surface area contributed by atoms with Crippen LogP contribution in [0.5, 0.6) is 0 Å². The van der Waals surface area contributed by atoms with E-state index in [1.54, 1.807) is 0 Å². The molecule has 0 spiro atoms. The summed E-state index contributed by atoms with van der Waals surface area (Å²) in [5.41, 5.74) is -0.305. The van der Waals surface area contributed by atoms with Gasteiger partial charge >= 0.3 is 0 Å². The van der Waals surface area contributed by atoms with Gasteiger partial charge in [-0.1, -0.05) is 65.2 Å². The summed E-state index contributed by atoms with van der Waals surface area (Å²) in [7, 11) is 0. The van der Waals surface area contributed by atoms with Crippen LogP contribution in [0.25, 0.3) is 0 Å². The first-order valence-electron chi connectivity index (χ1n) is 7.95. The lowest BCUT2D eigenvalue weighted by Gasteiger charge is -2.39. The van der Waals surface area contributed by atoms with Gasteiger partial charge in [0.25, 0.3) is 0 Å². The van der Waals surface area contributed by atoms with E-state index in [4.69, 9.17) is 0 Å². The molecule has 1 aliphatic carbocycles. The Morgan fingerprint density at radius 3 is 2.18 bits per heavy atom. The average molecular weight is 240 g/mol. The summed E-state index contributed by atoms with van der Waals surface area (Å²) in [6.07, 6.45) is 15.0. The first-order valence-corrected chi connectivity index (χ1v) is 7.95. The quantitative estimate of drug-likeness (QED) is 0.587. The van der Waals surface area contributed by atoms with Crippen LogP contribution in [0, 0.1) is 5.92 Å². The van der Waals surface area contributed by atoms with Gasteiger partial charge in [0.05, 0.1) is 5.60 Å². The molecule has 0 radical (unpaired) electrons. The van der Waals surface area contributed by atoms with Gasteiger partial charge < -0.3 is 5.11 Å². The molecule has 1 aliphatic rings. The first-order chi connectivity index (χ1) is 8.23. The molecule has 17 heavy (non-hydrogen) atoms. The highest BCUT2D eigenvalue weighted by atomic mass is 16.3. The van der Waals surface area contributed by atoms with Gasteiger partial charge in [-0.3, -0.25) is 0 Å². The smallest absolute Gasteiger partial charge is 0.0675 e. The van der Waals surface area contributed by atoms with E-state index < -0.39 is 0 Å². The maximum Gasteiger partial charge on any atom is 0.0675 e. The topological polar surface area (TPSA) is 20.2 Å². The Labute approximate surface area is 108 Å². The second-order valence-electron chi connectivity index (χ2n) is 6.00. The molecule has 1 atom stereocenters. The number of hydrogen-bond donors (Lipinski definition) is 1. The van der Waals surface area contributed by atoms with Crippen LogP contribution in [-0.4, -0.2) is 10.7 Å². The summed E-state index contributed by atoms with van der Waals surface area (Å²) < 4.78 is 0. The summed E-state index contributed by atoms with van der Waals surface area (Å²) >= 11 is 0. The molecule has 102 valence electrons. The summed E-state index contributed by atoms with van der Waals surface area (Å²) in [6.45, 7) is 4.52. The standard InChI is InChI=1S/C16H32O/c1-3-5-6-8-12-15(11-4-2)16(17)13-9-7-10-14-16/h15,17H,3-14H2,1-2H3. The van der Waals surface area contributed by atoms with Gasteiger partial charge in [0.2, 0.25) is 0 Å². The zero-order chi connectivity index (χ0) is 12.6. The number of hydrogen-bond acceptors (Lipinski definition) is 1. The average Bonchev–Trinajstić information content (AvgIpc) is 2.34. The van der Waals surface area contributed by atoms with Crippen molar-refractivity contribution in [2.24, 2.45) is 5.92 Å². The van der Waals surface area contributed by atoms with Crippen molar-refractivity contribution in [3.63, 3.8) is 0 Å². The van der Waals surface area contributed by atoms with Crippen molar-refractivity contribution in [3.8, 4) is 0 Å². The molecule has 1 rings (SSSR count). The fraction of sp³-hybridized carbons (Fsp3) is 1.00. The number of unbranched alkanes of at least 4 members (excludes halogenated alkanes) is 3. The molecule has 1 unspecified atom stereocenters. The monoisotopic (exact) mass is 240 g/mol.